The highest BCUT2D eigenvalue weighted by Gasteiger charge is 2.20. The molecular formula is C11H3IN4. The van der Waals surface area contributed by atoms with Crippen molar-refractivity contribution in [1.82, 2.24) is 0 Å². The zero-order valence-electron chi connectivity index (χ0n) is 8.17. The lowest BCUT2D eigenvalue weighted by atomic mass is 9.94. The number of nitriles is 4. The van der Waals surface area contributed by atoms with Crippen LogP contribution in [-0.4, -0.2) is 0 Å². The van der Waals surface area contributed by atoms with Gasteiger partial charge in [0.25, 0.3) is 0 Å². The molecule has 1 rings (SSSR count). The van der Waals surface area contributed by atoms with Crippen LogP contribution < -0.4 is 0 Å². The Bertz CT molecular complexity index is 576. The topological polar surface area (TPSA) is 95.2 Å². The van der Waals surface area contributed by atoms with Gasteiger partial charge in [0.05, 0.1) is 22.3 Å². The maximum Gasteiger partial charge on any atom is 0.102 e. The van der Waals surface area contributed by atoms with Crippen LogP contribution >= 0.6 is 22.6 Å². The fraction of sp³-hybridized carbons (Fsp3) is 0.0909. The van der Waals surface area contributed by atoms with Crippen LogP contribution in [0.4, 0.5) is 0 Å². The lowest BCUT2D eigenvalue weighted by Crippen LogP contribution is -2.02. The van der Waals surface area contributed by atoms with Gasteiger partial charge < -0.3 is 0 Å². The Morgan fingerprint density at radius 3 is 1.50 bits per heavy atom. The zero-order valence-corrected chi connectivity index (χ0v) is 10.3. The van der Waals surface area contributed by atoms with Crippen molar-refractivity contribution in [2.45, 2.75) is 6.92 Å². The lowest BCUT2D eigenvalue weighted by Gasteiger charge is -2.07. The third-order valence-electron chi connectivity index (χ3n) is 2.12. The van der Waals surface area contributed by atoms with Crippen molar-refractivity contribution in [2.75, 3.05) is 0 Å². The van der Waals surface area contributed by atoms with E-state index in [0.717, 1.165) is 0 Å². The Morgan fingerprint density at radius 2 is 1.12 bits per heavy atom. The van der Waals surface area contributed by atoms with Crippen molar-refractivity contribution in [3.8, 4) is 24.3 Å². The van der Waals surface area contributed by atoms with Gasteiger partial charge in [-0.2, -0.15) is 21.0 Å². The normalized spacial score (nSPS) is 8.38. The lowest BCUT2D eigenvalue weighted by molar-refractivity contribution is 1.28. The minimum atomic E-state index is -0.0171. The van der Waals surface area contributed by atoms with E-state index in [1.165, 1.54) is 0 Å². The fourth-order valence-corrected chi connectivity index (χ4v) is 1.97. The number of benzene rings is 1. The third-order valence-corrected chi connectivity index (χ3v) is 3.47. The van der Waals surface area contributed by atoms with Gasteiger partial charge in [-0.15, -0.1) is 0 Å². The molecule has 0 aliphatic rings. The molecule has 0 radical (unpaired) electrons. The number of halogens is 1. The molecule has 0 heterocycles. The molecule has 5 heteroatoms. The van der Waals surface area contributed by atoms with Gasteiger partial charge in [-0.05, 0) is 35.1 Å². The molecule has 0 aromatic heterocycles. The van der Waals surface area contributed by atoms with Gasteiger partial charge in [-0.25, -0.2) is 0 Å². The Kier molecular flexibility index (Phi) is 3.46. The largest absolute Gasteiger partial charge is 0.192 e. The minimum Gasteiger partial charge on any atom is -0.192 e. The van der Waals surface area contributed by atoms with Crippen molar-refractivity contribution < 1.29 is 0 Å². The Balaban J connectivity index is 3.99. The van der Waals surface area contributed by atoms with Gasteiger partial charge >= 0.3 is 0 Å². The van der Waals surface area contributed by atoms with E-state index < -0.39 is 0 Å². The molecule has 0 unspecified atom stereocenters. The summed E-state index contributed by atoms with van der Waals surface area (Å²) >= 11 is 1.90. The Hall–Kier alpha value is -2.09. The number of rotatable bonds is 0. The van der Waals surface area contributed by atoms with E-state index >= 15 is 0 Å². The molecule has 0 fully saturated rings. The first-order chi connectivity index (χ1) is 7.62. The predicted octanol–water partition coefficient (Wildman–Crippen LogP) is 2.09. The van der Waals surface area contributed by atoms with Gasteiger partial charge in [0.2, 0.25) is 0 Å². The number of hydrogen-bond acceptors (Lipinski definition) is 4. The van der Waals surface area contributed by atoms with Crippen molar-refractivity contribution in [2.24, 2.45) is 0 Å². The summed E-state index contributed by atoms with van der Waals surface area (Å²) in [4.78, 5) is 0. The maximum atomic E-state index is 8.94. The fourth-order valence-electron chi connectivity index (χ4n) is 1.31. The van der Waals surface area contributed by atoms with E-state index in [4.69, 9.17) is 21.0 Å². The first-order valence-corrected chi connectivity index (χ1v) is 5.16. The summed E-state index contributed by atoms with van der Waals surface area (Å²) in [6, 6.07) is 7.40. The maximum absolute atomic E-state index is 8.94. The third kappa shape index (κ3) is 1.58. The molecular weight excluding hydrogens is 315 g/mol. The van der Waals surface area contributed by atoms with Crippen LogP contribution in [0, 0.1) is 55.8 Å². The summed E-state index contributed by atoms with van der Waals surface area (Å²) in [6.45, 7) is 1.66. The van der Waals surface area contributed by atoms with E-state index in [1.54, 1.807) is 6.92 Å². The van der Waals surface area contributed by atoms with Gasteiger partial charge in [0, 0.05) is 3.57 Å². The summed E-state index contributed by atoms with van der Waals surface area (Å²) in [5, 5.41) is 35.7. The van der Waals surface area contributed by atoms with E-state index in [2.05, 4.69) is 0 Å². The van der Waals surface area contributed by atoms with Gasteiger partial charge in [0.1, 0.15) is 24.3 Å². The van der Waals surface area contributed by atoms with Gasteiger partial charge in [-0.3, -0.25) is 0 Å². The van der Waals surface area contributed by atoms with E-state index in [0.29, 0.717) is 9.13 Å². The van der Waals surface area contributed by atoms with Crippen LogP contribution in [0.3, 0.4) is 0 Å². The van der Waals surface area contributed by atoms with Crippen LogP contribution in [0.2, 0.25) is 0 Å². The monoisotopic (exact) mass is 318 g/mol. The smallest absolute Gasteiger partial charge is 0.102 e. The van der Waals surface area contributed by atoms with Crippen LogP contribution in [0.15, 0.2) is 0 Å². The summed E-state index contributed by atoms with van der Waals surface area (Å²) in [5.41, 5.74) is 0.866. The minimum absolute atomic E-state index is 0.0144. The van der Waals surface area contributed by atoms with Gasteiger partial charge in [-0.1, -0.05) is 0 Å². The van der Waals surface area contributed by atoms with E-state index in [1.807, 2.05) is 46.9 Å². The molecule has 1 aromatic carbocycles. The van der Waals surface area contributed by atoms with E-state index in [-0.39, 0.29) is 22.3 Å². The number of hydrogen-bond donors (Lipinski definition) is 0. The molecule has 0 aliphatic heterocycles. The molecule has 4 nitrogen and oxygen atoms in total. The molecule has 0 bridgehead atoms. The van der Waals surface area contributed by atoms with Crippen molar-refractivity contribution >= 4 is 22.6 Å². The summed E-state index contributed by atoms with van der Waals surface area (Å²) < 4.78 is 0.548. The quantitative estimate of drug-likeness (QED) is 0.684. The van der Waals surface area contributed by atoms with Crippen LogP contribution in [0.5, 0.6) is 0 Å². The van der Waals surface area contributed by atoms with E-state index in [9.17, 15) is 0 Å². The van der Waals surface area contributed by atoms with Gasteiger partial charge in [0.15, 0.2) is 0 Å². The highest BCUT2D eigenvalue weighted by atomic mass is 127. The molecule has 0 spiro atoms. The highest BCUT2D eigenvalue weighted by Crippen LogP contribution is 2.27. The molecule has 0 saturated carbocycles. The second-order valence-electron chi connectivity index (χ2n) is 2.89. The second-order valence-corrected chi connectivity index (χ2v) is 3.96. The summed E-state index contributed by atoms with van der Waals surface area (Å²) in [5.74, 6) is 0. The second kappa shape index (κ2) is 4.62. The molecule has 16 heavy (non-hydrogen) atoms. The average molecular weight is 318 g/mol. The highest BCUT2D eigenvalue weighted by molar-refractivity contribution is 14.1. The first-order valence-electron chi connectivity index (χ1n) is 4.08. The summed E-state index contributed by atoms with van der Waals surface area (Å²) in [6.07, 6.45) is 0. The molecule has 0 atom stereocenters. The molecule has 0 aliphatic carbocycles. The van der Waals surface area contributed by atoms with Crippen LogP contribution in [0.1, 0.15) is 27.8 Å². The number of nitrogens with zero attached hydrogens (tertiary/aromatic N) is 4. The molecule has 0 N–H and O–H groups in total. The van der Waals surface area contributed by atoms with Crippen LogP contribution in [-0.2, 0) is 0 Å². The molecule has 1 aromatic rings. The average Bonchev–Trinajstić information content (AvgIpc) is 2.31. The SMILES string of the molecule is Cc1c(I)c(C#N)c(C#N)c(C#N)c1C#N. The summed E-state index contributed by atoms with van der Waals surface area (Å²) in [7, 11) is 0. The first kappa shape index (κ1) is 12.0. The molecule has 74 valence electrons. The van der Waals surface area contributed by atoms with Crippen molar-refractivity contribution in [3.05, 3.63) is 31.4 Å². The Morgan fingerprint density at radius 1 is 0.750 bits per heavy atom. The molecule has 0 amide bonds. The van der Waals surface area contributed by atoms with Crippen molar-refractivity contribution in [3.63, 3.8) is 0 Å². The molecule has 0 saturated heterocycles. The van der Waals surface area contributed by atoms with Crippen molar-refractivity contribution in [1.29, 1.82) is 21.0 Å². The van der Waals surface area contributed by atoms with Crippen LogP contribution in [0.25, 0.3) is 0 Å². The standard InChI is InChI=1S/C11H3IN4/c1-6-7(2-13)8(3-14)9(4-15)10(5-16)11(6)12/h1H3. The predicted molar refractivity (Wildman–Crippen MR) is 62.8 cm³/mol. The Labute approximate surface area is 106 Å². The zero-order chi connectivity index (χ0) is 12.3.